The zero-order valence-corrected chi connectivity index (χ0v) is 12.2. The number of rotatable bonds is 5. The van der Waals surface area contributed by atoms with Gasteiger partial charge in [0.05, 0.1) is 0 Å². The lowest BCUT2D eigenvalue weighted by Gasteiger charge is -2.20. The molecule has 2 rings (SSSR count). The van der Waals surface area contributed by atoms with E-state index in [4.69, 9.17) is 0 Å². The molecular weight excluding hydrogens is 232 g/mol. The Morgan fingerprint density at radius 2 is 1.63 bits per heavy atom. The predicted octanol–water partition coefficient (Wildman–Crippen LogP) is 3.32. The number of fused-ring (bicyclic) bond motifs is 1. The molecule has 0 aromatic heterocycles. The molecule has 2 heteroatoms. The molecule has 0 radical (unpaired) electrons. The number of hydrogen-bond acceptors (Lipinski definition) is 2. The van der Waals surface area contributed by atoms with Crippen LogP contribution in [0.15, 0.2) is 42.5 Å². The fourth-order valence-electron chi connectivity index (χ4n) is 2.11. The topological polar surface area (TPSA) is 24.1 Å². The average molecular weight is 256 g/mol. The Bertz CT molecular complexity index is 526. The summed E-state index contributed by atoms with van der Waals surface area (Å²) in [5, 5.41) is 9.57. The maximum absolute atomic E-state index is 3.48. The van der Waals surface area contributed by atoms with Gasteiger partial charge >= 0.3 is 0 Å². The zero-order valence-electron chi connectivity index (χ0n) is 12.2. The van der Waals surface area contributed by atoms with Gasteiger partial charge in [-0.05, 0) is 43.2 Å². The number of benzene rings is 2. The SMILES string of the molecule is CC(C)(C)NCCNCc1ccc2ccccc2c1. The molecule has 0 unspecified atom stereocenters. The maximum atomic E-state index is 3.48. The Kier molecular flexibility index (Phi) is 4.56. The van der Waals surface area contributed by atoms with Gasteiger partial charge in [0.25, 0.3) is 0 Å². The van der Waals surface area contributed by atoms with Gasteiger partial charge in [0.2, 0.25) is 0 Å². The molecule has 0 amide bonds. The number of hydrogen-bond donors (Lipinski definition) is 2. The van der Waals surface area contributed by atoms with Crippen molar-refractivity contribution in [3.63, 3.8) is 0 Å². The molecule has 102 valence electrons. The summed E-state index contributed by atoms with van der Waals surface area (Å²) in [4.78, 5) is 0. The lowest BCUT2D eigenvalue weighted by atomic mass is 10.1. The molecule has 0 bridgehead atoms. The van der Waals surface area contributed by atoms with E-state index in [2.05, 4.69) is 73.9 Å². The van der Waals surface area contributed by atoms with Crippen molar-refractivity contribution in [1.29, 1.82) is 0 Å². The summed E-state index contributed by atoms with van der Waals surface area (Å²) in [5.74, 6) is 0. The van der Waals surface area contributed by atoms with Crippen molar-refractivity contribution in [2.45, 2.75) is 32.9 Å². The molecule has 2 nitrogen and oxygen atoms in total. The van der Waals surface area contributed by atoms with Gasteiger partial charge in [-0.3, -0.25) is 0 Å². The molecule has 2 aromatic rings. The molecule has 0 spiro atoms. The molecule has 0 fully saturated rings. The lowest BCUT2D eigenvalue weighted by Crippen LogP contribution is -2.40. The van der Waals surface area contributed by atoms with Crippen molar-refractivity contribution in [1.82, 2.24) is 10.6 Å². The average Bonchev–Trinajstić information content (AvgIpc) is 2.37. The summed E-state index contributed by atoms with van der Waals surface area (Å²) in [6.45, 7) is 9.49. The van der Waals surface area contributed by atoms with Crippen LogP contribution in [0.2, 0.25) is 0 Å². The lowest BCUT2D eigenvalue weighted by molar-refractivity contribution is 0.421. The standard InChI is InChI=1S/C17H24N2/c1-17(2,3)19-11-10-18-13-14-8-9-15-6-4-5-7-16(15)12-14/h4-9,12,18-19H,10-11,13H2,1-3H3. The Labute approximate surface area is 116 Å². The third kappa shape index (κ3) is 4.66. The first kappa shape index (κ1) is 14.0. The van der Waals surface area contributed by atoms with E-state index in [0.717, 1.165) is 19.6 Å². The van der Waals surface area contributed by atoms with Crippen LogP contribution in [-0.4, -0.2) is 18.6 Å². The van der Waals surface area contributed by atoms with Gasteiger partial charge in [-0.15, -0.1) is 0 Å². The normalized spacial score (nSPS) is 11.9. The van der Waals surface area contributed by atoms with Gasteiger partial charge < -0.3 is 10.6 Å². The van der Waals surface area contributed by atoms with Gasteiger partial charge in [0.1, 0.15) is 0 Å². The first-order valence-corrected chi connectivity index (χ1v) is 6.98. The summed E-state index contributed by atoms with van der Waals surface area (Å²) in [6, 6.07) is 15.1. The van der Waals surface area contributed by atoms with Crippen molar-refractivity contribution in [3.8, 4) is 0 Å². The molecule has 0 saturated carbocycles. The zero-order chi connectivity index (χ0) is 13.7. The molecule has 0 atom stereocenters. The van der Waals surface area contributed by atoms with Crippen LogP contribution in [0, 0.1) is 0 Å². The molecular formula is C17H24N2. The van der Waals surface area contributed by atoms with Crippen LogP contribution in [0.4, 0.5) is 0 Å². The quantitative estimate of drug-likeness (QED) is 0.802. The Balaban J connectivity index is 1.82. The third-order valence-corrected chi connectivity index (χ3v) is 3.10. The third-order valence-electron chi connectivity index (χ3n) is 3.10. The second-order valence-corrected chi connectivity index (χ2v) is 6.04. The highest BCUT2D eigenvalue weighted by Gasteiger charge is 2.06. The van der Waals surface area contributed by atoms with Crippen molar-refractivity contribution >= 4 is 10.8 Å². The van der Waals surface area contributed by atoms with Crippen LogP contribution in [-0.2, 0) is 6.54 Å². The first-order valence-electron chi connectivity index (χ1n) is 6.98. The van der Waals surface area contributed by atoms with Gasteiger partial charge in [-0.2, -0.15) is 0 Å². The van der Waals surface area contributed by atoms with E-state index in [1.54, 1.807) is 0 Å². The van der Waals surface area contributed by atoms with E-state index in [-0.39, 0.29) is 5.54 Å². The Morgan fingerprint density at radius 1 is 0.895 bits per heavy atom. The molecule has 0 aliphatic heterocycles. The van der Waals surface area contributed by atoms with Crippen LogP contribution in [0.1, 0.15) is 26.3 Å². The summed E-state index contributed by atoms with van der Waals surface area (Å²) in [7, 11) is 0. The summed E-state index contributed by atoms with van der Waals surface area (Å²) in [5.41, 5.74) is 1.54. The van der Waals surface area contributed by atoms with Crippen molar-refractivity contribution in [2.75, 3.05) is 13.1 Å². The summed E-state index contributed by atoms with van der Waals surface area (Å²) in [6.07, 6.45) is 0. The van der Waals surface area contributed by atoms with Gasteiger partial charge in [0.15, 0.2) is 0 Å². The van der Waals surface area contributed by atoms with Crippen LogP contribution < -0.4 is 10.6 Å². The van der Waals surface area contributed by atoms with Crippen LogP contribution in [0.3, 0.4) is 0 Å². The van der Waals surface area contributed by atoms with E-state index in [1.165, 1.54) is 16.3 Å². The smallest absolute Gasteiger partial charge is 0.0206 e. The molecule has 0 aliphatic carbocycles. The van der Waals surface area contributed by atoms with Crippen LogP contribution in [0.5, 0.6) is 0 Å². The van der Waals surface area contributed by atoms with Crippen molar-refractivity contribution in [3.05, 3.63) is 48.0 Å². The molecule has 0 heterocycles. The molecule has 19 heavy (non-hydrogen) atoms. The number of nitrogens with one attached hydrogen (secondary N) is 2. The largest absolute Gasteiger partial charge is 0.311 e. The molecule has 2 aromatic carbocycles. The minimum Gasteiger partial charge on any atom is -0.311 e. The fourth-order valence-corrected chi connectivity index (χ4v) is 2.11. The summed E-state index contributed by atoms with van der Waals surface area (Å²) < 4.78 is 0. The Hall–Kier alpha value is -1.38. The van der Waals surface area contributed by atoms with Crippen molar-refractivity contribution < 1.29 is 0 Å². The maximum Gasteiger partial charge on any atom is 0.0206 e. The first-order chi connectivity index (χ1) is 9.04. The van der Waals surface area contributed by atoms with E-state index < -0.39 is 0 Å². The van der Waals surface area contributed by atoms with E-state index in [1.807, 2.05) is 0 Å². The highest BCUT2D eigenvalue weighted by atomic mass is 15.0. The molecule has 2 N–H and O–H groups in total. The minimum absolute atomic E-state index is 0.199. The second-order valence-electron chi connectivity index (χ2n) is 6.04. The highest BCUT2D eigenvalue weighted by molar-refractivity contribution is 5.82. The predicted molar refractivity (Wildman–Crippen MR) is 83.4 cm³/mol. The molecule has 0 saturated heterocycles. The molecule has 0 aliphatic rings. The van der Waals surface area contributed by atoms with Crippen molar-refractivity contribution in [2.24, 2.45) is 0 Å². The minimum atomic E-state index is 0.199. The van der Waals surface area contributed by atoms with E-state index in [9.17, 15) is 0 Å². The van der Waals surface area contributed by atoms with Crippen LogP contribution >= 0.6 is 0 Å². The Morgan fingerprint density at radius 3 is 2.37 bits per heavy atom. The van der Waals surface area contributed by atoms with E-state index >= 15 is 0 Å². The van der Waals surface area contributed by atoms with Crippen LogP contribution in [0.25, 0.3) is 10.8 Å². The monoisotopic (exact) mass is 256 g/mol. The second kappa shape index (κ2) is 6.18. The van der Waals surface area contributed by atoms with Gasteiger partial charge in [-0.1, -0.05) is 36.4 Å². The van der Waals surface area contributed by atoms with Gasteiger partial charge in [-0.25, -0.2) is 0 Å². The summed E-state index contributed by atoms with van der Waals surface area (Å²) >= 11 is 0. The fraction of sp³-hybridized carbons (Fsp3) is 0.412. The van der Waals surface area contributed by atoms with E-state index in [0.29, 0.717) is 0 Å². The van der Waals surface area contributed by atoms with Gasteiger partial charge in [0, 0.05) is 25.2 Å². The highest BCUT2D eigenvalue weighted by Crippen LogP contribution is 2.15.